The van der Waals surface area contributed by atoms with Crippen molar-refractivity contribution in [3.8, 4) is 0 Å². The Balaban J connectivity index is 1.00. The third kappa shape index (κ3) is 9.79. The normalized spacial score (nSPS) is 18.8. The van der Waals surface area contributed by atoms with Gasteiger partial charge in [0.2, 0.25) is 46.4 Å². The average molecular weight is 966 g/mol. The highest BCUT2D eigenvalue weighted by Gasteiger charge is 2.57. The van der Waals surface area contributed by atoms with E-state index in [0.29, 0.717) is 25.9 Å². The Labute approximate surface area is 408 Å². The number of unbranched alkanes of at least 4 members (excludes halogenated alkanes) is 2. The Kier molecular flexibility index (Phi) is 15.6. The highest BCUT2D eigenvalue weighted by molar-refractivity contribution is 7.81. The van der Waals surface area contributed by atoms with Crippen LogP contribution in [0.2, 0.25) is 0 Å². The summed E-state index contributed by atoms with van der Waals surface area (Å²) in [5, 5.41) is 1.58. The number of hydroxylamine groups is 2. The number of nitrogens with one attached hydrogen (secondary N) is 3. The van der Waals surface area contributed by atoms with E-state index in [1.807, 2.05) is 6.92 Å². The Morgan fingerprint density at radius 3 is 1.96 bits per heavy atom. The second-order valence-corrected chi connectivity index (χ2v) is 19.1. The number of rotatable bonds is 24. The number of hydrogen-bond acceptors (Lipinski definition) is 10. The van der Waals surface area contributed by atoms with Crippen LogP contribution in [0.5, 0.6) is 0 Å². The molecule has 2 unspecified atom stereocenters. The van der Waals surface area contributed by atoms with Gasteiger partial charge in [-0.3, -0.25) is 38.5 Å². The van der Waals surface area contributed by atoms with Crippen molar-refractivity contribution in [1.82, 2.24) is 25.4 Å². The molecule has 0 aromatic carbocycles. The van der Waals surface area contributed by atoms with Crippen LogP contribution in [0, 0.1) is 13.8 Å². The summed E-state index contributed by atoms with van der Waals surface area (Å²) >= 11 is 4.09. The third-order valence-electron chi connectivity index (χ3n) is 14.1. The zero-order valence-corrected chi connectivity index (χ0v) is 42.0. The number of aromatic nitrogens is 2. The largest absolute Gasteiger partial charge is 0.466 e. The Morgan fingerprint density at radius 2 is 1.33 bits per heavy atom. The summed E-state index contributed by atoms with van der Waals surface area (Å²) in [6.07, 6.45) is 16.8. The number of nitrogens with zero attached hydrogens (tertiary/aromatic N) is 4. The van der Waals surface area contributed by atoms with E-state index in [0.717, 1.165) is 99.2 Å². The van der Waals surface area contributed by atoms with E-state index >= 15 is 0 Å². The molecule has 6 aliphatic rings. The quantitative estimate of drug-likeness (QED) is 0.0290. The number of carbonyl (C=O) groups excluding carboxylic acids is 5. The molecular weight excluding hydrogens is 899 g/mol. The van der Waals surface area contributed by atoms with Gasteiger partial charge in [-0.2, -0.15) is 12.6 Å². The number of hydrogen-bond donors (Lipinski definition) is 4. The molecule has 0 saturated carbocycles. The average Bonchev–Trinajstić information content (AvgIpc) is 4.02. The molecule has 0 aliphatic carbocycles. The minimum atomic E-state index is -0.661. The highest BCUT2D eigenvalue weighted by Crippen LogP contribution is 2.47. The van der Waals surface area contributed by atoms with Crippen molar-refractivity contribution >= 4 is 71.9 Å². The molecule has 6 aliphatic heterocycles. The molecule has 69 heavy (non-hydrogen) atoms. The number of thiol groups is 1. The predicted octanol–water partition coefficient (Wildman–Crippen LogP) is 4.70. The van der Waals surface area contributed by atoms with Crippen molar-refractivity contribution in [3.05, 3.63) is 84.1 Å². The van der Waals surface area contributed by atoms with E-state index in [4.69, 9.17) is 19.1 Å². The fourth-order valence-electron chi connectivity index (χ4n) is 10.4. The van der Waals surface area contributed by atoms with E-state index in [-0.39, 0.29) is 76.3 Å². The first-order chi connectivity index (χ1) is 33.3. The standard InChI is InChI=1S/C52H65N7O9S/c1-8-11-13-34-30(4)38-25-43-35(14-12-9-2)31(5)41-27-45-37(16-18-50(63)66-10-3)33(7)42-28-44-36(32(6)40(26-39(34)53-38)57(44)52(58(41)43)59(42)45)15-17-47(60)54-67-23-21-65-22-24-68-55-48(61)19-20-56-49(62)29-46(69)51(56)64/h25-28,46,52H,8-24,29H2,1-7H3,(H2-,54,55,60,61,69)/p+2. The monoisotopic (exact) mass is 965 g/mol. The Bertz CT molecular complexity index is 2800. The zero-order valence-electron chi connectivity index (χ0n) is 41.1. The maximum Gasteiger partial charge on any atom is 0.446 e. The molecule has 4 amide bonds. The van der Waals surface area contributed by atoms with Crippen LogP contribution in [0.25, 0.3) is 18.2 Å². The fourth-order valence-corrected chi connectivity index (χ4v) is 10.7. The lowest BCUT2D eigenvalue weighted by Gasteiger charge is -2.25. The topological polar surface area (TPSA) is 176 Å². The smallest absolute Gasteiger partial charge is 0.446 e. The van der Waals surface area contributed by atoms with Gasteiger partial charge in [-0.15, -0.1) is 9.15 Å². The van der Waals surface area contributed by atoms with Gasteiger partial charge in [0.15, 0.2) is 0 Å². The van der Waals surface area contributed by atoms with Gasteiger partial charge < -0.3 is 14.5 Å². The molecule has 1 saturated heterocycles. The number of ether oxygens (including phenoxy) is 2. The summed E-state index contributed by atoms with van der Waals surface area (Å²) in [6, 6.07) is 0. The summed E-state index contributed by atoms with van der Waals surface area (Å²) in [5.41, 5.74) is 21.3. The molecule has 2 atom stereocenters. The zero-order chi connectivity index (χ0) is 49.1. The first-order valence-corrected chi connectivity index (χ1v) is 25.2. The number of aromatic amines is 1. The van der Waals surface area contributed by atoms with Gasteiger partial charge in [0.25, 0.3) is 0 Å². The number of likely N-dealkylation sites (tertiary alicyclic amines) is 1. The van der Waals surface area contributed by atoms with Crippen LogP contribution in [0.15, 0.2) is 39.8 Å². The van der Waals surface area contributed by atoms with Gasteiger partial charge in [-0.1, -0.05) is 26.7 Å². The van der Waals surface area contributed by atoms with Gasteiger partial charge in [-0.25, -0.2) is 15.5 Å². The molecule has 8 heterocycles. The number of imide groups is 1. The van der Waals surface area contributed by atoms with Crippen LogP contribution in [0.4, 0.5) is 0 Å². The highest BCUT2D eigenvalue weighted by atomic mass is 32.1. The molecule has 0 radical (unpaired) electrons. The third-order valence-corrected chi connectivity index (χ3v) is 14.5. The second-order valence-electron chi connectivity index (χ2n) is 18.4. The number of H-pyrrole nitrogens is 1. The molecule has 368 valence electrons. The molecule has 17 heteroatoms. The molecule has 2 aromatic heterocycles. The van der Waals surface area contributed by atoms with Crippen molar-refractivity contribution in [2.45, 2.75) is 137 Å². The van der Waals surface area contributed by atoms with E-state index in [1.165, 1.54) is 33.6 Å². The molecule has 2 aromatic rings. The molecule has 3 N–H and O–H groups in total. The van der Waals surface area contributed by atoms with Gasteiger partial charge >= 0.3 is 12.3 Å². The number of esters is 1. The molecule has 0 spiro atoms. The lowest BCUT2D eigenvalue weighted by atomic mass is 9.97. The molecule has 8 rings (SSSR count). The number of carbonyl (C=O) groups is 5. The predicted molar refractivity (Wildman–Crippen MR) is 263 cm³/mol. The second kappa shape index (κ2) is 21.6. The van der Waals surface area contributed by atoms with Gasteiger partial charge in [-0.05, 0) is 101 Å². The van der Waals surface area contributed by atoms with Crippen LogP contribution >= 0.6 is 12.6 Å². The Morgan fingerprint density at radius 1 is 0.725 bits per heavy atom. The Hall–Kier alpha value is -5.62. The molecular formula is C52H67N7O9S+2. The molecule has 1 fully saturated rings. The summed E-state index contributed by atoms with van der Waals surface area (Å²) in [5.74, 6) is -1.68. The summed E-state index contributed by atoms with van der Waals surface area (Å²) in [4.78, 5) is 77.9. The number of amides is 4. The summed E-state index contributed by atoms with van der Waals surface area (Å²) < 4.78 is 18.4. The van der Waals surface area contributed by atoms with Crippen molar-refractivity contribution in [3.63, 3.8) is 0 Å². The van der Waals surface area contributed by atoms with Crippen molar-refractivity contribution in [1.29, 1.82) is 0 Å². The fraction of sp³-hybridized carbons (Fsp3) is 0.519. The maximum absolute atomic E-state index is 13.4. The summed E-state index contributed by atoms with van der Waals surface area (Å²) in [6.45, 7) is 16.0. The van der Waals surface area contributed by atoms with Gasteiger partial charge in [0, 0.05) is 77.4 Å². The van der Waals surface area contributed by atoms with Crippen LogP contribution < -0.4 is 21.7 Å². The first kappa shape index (κ1) is 49.8. The number of fused-ring (bicyclic) bond motifs is 2. The van der Waals surface area contributed by atoms with Gasteiger partial charge in [0.1, 0.15) is 0 Å². The minimum Gasteiger partial charge on any atom is -0.466 e. The van der Waals surface area contributed by atoms with Crippen molar-refractivity contribution in [2.24, 2.45) is 0 Å². The van der Waals surface area contributed by atoms with Crippen molar-refractivity contribution in [2.75, 3.05) is 39.6 Å². The van der Waals surface area contributed by atoms with E-state index < -0.39 is 17.1 Å². The van der Waals surface area contributed by atoms with E-state index in [9.17, 15) is 24.0 Å². The molecule has 2 bridgehead atoms. The SMILES string of the molecule is CCCCc1c(C)c2n3c1C=c1[nH]c(c(CCCC)c1C)=CC1=[N+]4C(=CC5=[N+](C(=C2)C(CCC(=O)OCC)=C5C)C34)C(CCC(=O)NOCCOCCONC(=O)CCN2C(=O)CC(S)C2=O)=C1C. The van der Waals surface area contributed by atoms with Crippen LogP contribution in [0.1, 0.15) is 139 Å². The van der Waals surface area contributed by atoms with Crippen LogP contribution in [-0.2, 0) is 56.0 Å². The van der Waals surface area contributed by atoms with Crippen molar-refractivity contribution < 1.29 is 52.3 Å². The van der Waals surface area contributed by atoms with Crippen LogP contribution in [0.3, 0.4) is 0 Å². The van der Waals surface area contributed by atoms with E-state index in [2.05, 4.69) is 108 Å². The molecule has 16 nitrogen and oxygen atoms in total. The van der Waals surface area contributed by atoms with E-state index in [1.54, 1.807) is 0 Å². The van der Waals surface area contributed by atoms with Gasteiger partial charge in [0.05, 0.1) is 55.7 Å². The van der Waals surface area contributed by atoms with Crippen LogP contribution in [-0.4, -0.2) is 109 Å². The lowest BCUT2D eigenvalue weighted by molar-refractivity contribution is -0.767. The summed E-state index contributed by atoms with van der Waals surface area (Å²) in [7, 11) is 0. The lowest BCUT2D eigenvalue weighted by Crippen LogP contribution is -2.42. The minimum absolute atomic E-state index is 0.0319. The number of allylic oxidation sites excluding steroid dienone is 5. The maximum atomic E-state index is 13.4. The first-order valence-electron chi connectivity index (χ1n) is 24.7.